The lowest BCUT2D eigenvalue weighted by molar-refractivity contribution is 0.102. The average molecular weight is 375 g/mol. The van der Waals surface area contributed by atoms with Crippen LogP contribution in [0, 0.1) is 0 Å². The Morgan fingerprint density at radius 3 is 2.81 bits per heavy atom. The lowest BCUT2D eigenvalue weighted by Gasteiger charge is -2.17. The van der Waals surface area contributed by atoms with Crippen LogP contribution in [0.2, 0.25) is 0 Å². The zero-order valence-electron chi connectivity index (χ0n) is 14.5. The fraction of sp³-hybridized carbons (Fsp3) is 0.190. The van der Waals surface area contributed by atoms with Crippen molar-refractivity contribution in [2.75, 3.05) is 5.32 Å². The minimum Gasteiger partial charge on any atom is -0.322 e. The third-order valence-corrected chi connectivity index (χ3v) is 5.98. The van der Waals surface area contributed by atoms with Crippen molar-refractivity contribution < 1.29 is 4.79 Å². The van der Waals surface area contributed by atoms with Gasteiger partial charge in [0.1, 0.15) is 0 Å². The Kier molecular flexibility index (Phi) is 3.79. The molecule has 5 nitrogen and oxygen atoms in total. The number of nitrogens with one attached hydrogen (secondary N) is 2. The monoisotopic (exact) mass is 375 g/mol. The minimum absolute atomic E-state index is 0.00340. The predicted octanol–water partition coefficient (Wildman–Crippen LogP) is 4.27. The SMILES string of the molecule is O=C(Nc1ccc2c3c(c(=O)[nH]c2c1)CCCC3)c1ccc2ncsc2c1. The number of aromatic amines is 1. The van der Waals surface area contributed by atoms with E-state index in [9.17, 15) is 9.59 Å². The third-order valence-electron chi connectivity index (χ3n) is 5.19. The number of rotatable bonds is 2. The molecule has 0 unspecified atom stereocenters. The van der Waals surface area contributed by atoms with Crippen molar-refractivity contribution in [1.82, 2.24) is 9.97 Å². The van der Waals surface area contributed by atoms with Gasteiger partial charge in [0, 0.05) is 22.2 Å². The molecule has 0 spiro atoms. The summed E-state index contributed by atoms with van der Waals surface area (Å²) in [5.74, 6) is -0.176. The number of aromatic nitrogens is 2. The van der Waals surface area contributed by atoms with Crippen molar-refractivity contribution in [2.24, 2.45) is 0 Å². The molecule has 5 rings (SSSR count). The summed E-state index contributed by atoms with van der Waals surface area (Å²) < 4.78 is 0.983. The number of hydrogen-bond donors (Lipinski definition) is 2. The van der Waals surface area contributed by atoms with Gasteiger partial charge in [0.05, 0.1) is 21.2 Å². The number of aryl methyl sites for hydroxylation is 1. The quantitative estimate of drug-likeness (QED) is 0.549. The molecule has 0 atom stereocenters. The van der Waals surface area contributed by atoms with E-state index in [0.29, 0.717) is 11.3 Å². The van der Waals surface area contributed by atoms with Crippen LogP contribution in [0.4, 0.5) is 5.69 Å². The van der Waals surface area contributed by atoms with Gasteiger partial charge < -0.3 is 10.3 Å². The molecular weight excluding hydrogens is 358 g/mol. The Morgan fingerprint density at radius 1 is 1.07 bits per heavy atom. The topological polar surface area (TPSA) is 74.8 Å². The number of carbonyl (C=O) groups is 1. The van der Waals surface area contributed by atoms with Gasteiger partial charge in [-0.3, -0.25) is 9.59 Å². The summed E-state index contributed by atoms with van der Waals surface area (Å²) in [6.45, 7) is 0. The molecule has 0 aliphatic heterocycles. The highest BCUT2D eigenvalue weighted by atomic mass is 32.1. The van der Waals surface area contributed by atoms with E-state index >= 15 is 0 Å². The smallest absolute Gasteiger partial charge is 0.255 e. The molecule has 4 aromatic rings. The van der Waals surface area contributed by atoms with E-state index in [1.165, 1.54) is 11.3 Å². The maximum Gasteiger partial charge on any atom is 0.255 e. The Bertz CT molecular complexity index is 1260. The molecule has 0 bridgehead atoms. The molecule has 0 saturated heterocycles. The normalized spacial score (nSPS) is 13.6. The number of H-pyrrole nitrogens is 1. The number of fused-ring (bicyclic) bond motifs is 4. The molecule has 2 aromatic heterocycles. The van der Waals surface area contributed by atoms with Crippen LogP contribution in [0.3, 0.4) is 0 Å². The van der Waals surface area contributed by atoms with Crippen molar-refractivity contribution in [3.8, 4) is 0 Å². The molecule has 2 heterocycles. The molecule has 1 amide bonds. The van der Waals surface area contributed by atoms with Crippen molar-refractivity contribution in [3.63, 3.8) is 0 Å². The molecule has 134 valence electrons. The Balaban J connectivity index is 1.49. The number of benzene rings is 2. The summed E-state index contributed by atoms with van der Waals surface area (Å²) in [4.78, 5) is 32.2. The predicted molar refractivity (Wildman–Crippen MR) is 109 cm³/mol. The van der Waals surface area contributed by atoms with E-state index in [2.05, 4.69) is 15.3 Å². The lowest BCUT2D eigenvalue weighted by Crippen LogP contribution is -2.19. The van der Waals surface area contributed by atoms with Crippen LogP contribution in [0.15, 0.2) is 46.7 Å². The highest BCUT2D eigenvalue weighted by Gasteiger charge is 2.17. The second-order valence-electron chi connectivity index (χ2n) is 6.87. The van der Waals surface area contributed by atoms with Crippen LogP contribution in [0.1, 0.15) is 34.3 Å². The first-order valence-electron chi connectivity index (χ1n) is 9.01. The summed E-state index contributed by atoms with van der Waals surface area (Å²) in [5.41, 5.74) is 6.77. The Labute approximate surface area is 159 Å². The van der Waals surface area contributed by atoms with Crippen LogP contribution in [-0.4, -0.2) is 15.9 Å². The van der Waals surface area contributed by atoms with Crippen LogP contribution < -0.4 is 10.9 Å². The van der Waals surface area contributed by atoms with Gasteiger partial charge in [-0.15, -0.1) is 11.3 Å². The minimum atomic E-state index is -0.176. The van der Waals surface area contributed by atoms with Crippen molar-refractivity contribution in [2.45, 2.75) is 25.7 Å². The van der Waals surface area contributed by atoms with E-state index in [1.54, 1.807) is 11.6 Å². The van der Waals surface area contributed by atoms with E-state index in [4.69, 9.17) is 0 Å². The zero-order chi connectivity index (χ0) is 18.4. The number of hydrogen-bond acceptors (Lipinski definition) is 4. The number of pyridine rings is 1. The van der Waals surface area contributed by atoms with E-state index in [1.807, 2.05) is 30.3 Å². The van der Waals surface area contributed by atoms with Gasteiger partial charge in [-0.05, 0) is 61.6 Å². The maximum absolute atomic E-state index is 12.6. The molecule has 1 aliphatic carbocycles. The number of anilines is 1. The second kappa shape index (κ2) is 6.32. The summed E-state index contributed by atoms with van der Waals surface area (Å²) >= 11 is 1.51. The van der Waals surface area contributed by atoms with Gasteiger partial charge in [-0.2, -0.15) is 0 Å². The zero-order valence-corrected chi connectivity index (χ0v) is 15.4. The van der Waals surface area contributed by atoms with Gasteiger partial charge >= 0.3 is 0 Å². The van der Waals surface area contributed by atoms with Gasteiger partial charge in [-0.1, -0.05) is 6.07 Å². The molecule has 2 N–H and O–H groups in total. The summed E-state index contributed by atoms with van der Waals surface area (Å²) in [6.07, 6.45) is 3.97. The van der Waals surface area contributed by atoms with Crippen molar-refractivity contribution in [3.05, 3.63) is 69.0 Å². The first-order valence-corrected chi connectivity index (χ1v) is 9.89. The maximum atomic E-state index is 12.6. The number of nitrogens with zero attached hydrogens (tertiary/aromatic N) is 1. The highest BCUT2D eigenvalue weighted by Crippen LogP contribution is 2.27. The molecule has 6 heteroatoms. The fourth-order valence-electron chi connectivity index (χ4n) is 3.84. The molecule has 0 saturated carbocycles. The van der Waals surface area contributed by atoms with Crippen LogP contribution in [-0.2, 0) is 12.8 Å². The average Bonchev–Trinajstić information content (AvgIpc) is 3.16. The first kappa shape index (κ1) is 16.2. The van der Waals surface area contributed by atoms with Gasteiger partial charge in [0.2, 0.25) is 0 Å². The van der Waals surface area contributed by atoms with E-state index < -0.39 is 0 Å². The van der Waals surface area contributed by atoms with Crippen LogP contribution in [0.25, 0.3) is 21.1 Å². The van der Waals surface area contributed by atoms with Crippen molar-refractivity contribution >= 4 is 44.1 Å². The third kappa shape index (κ3) is 2.82. The standard InChI is InChI=1S/C21H17N3O2S/c25-20(12-5-8-17-19(9-12)27-11-22-17)23-13-6-7-15-14-3-1-2-4-16(14)21(26)24-18(15)10-13/h5-11H,1-4H2,(H,23,25)(H,24,26). The van der Waals surface area contributed by atoms with E-state index in [0.717, 1.165) is 57.9 Å². The van der Waals surface area contributed by atoms with Gasteiger partial charge in [0.25, 0.3) is 11.5 Å². The number of amides is 1. The van der Waals surface area contributed by atoms with Gasteiger partial charge in [-0.25, -0.2) is 4.98 Å². The van der Waals surface area contributed by atoms with E-state index in [-0.39, 0.29) is 11.5 Å². The molecule has 2 aromatic carbocycles. The molecule has 1 aliphatic rings. The Morgan fingerprint density at radius 2 is 1.93 bits per heavy atom. The first-order chi connectivity index (χ1) is 13.2. The Hall–Kier alpha value is -2.99. The molecule has 0 fully saturated rings. The molecule has 0 radical (unpaired) electrons. The lowest BCUT2D eigenvalue weighted by atomic mass is 9.90. The summed E-state index contributed by atoms with van der Waals surface area (Å²) in [5, 5.41) is 4.01. The van der Waals surface area contributed by atoms with Crippen LogP contribution in [0.5, 0.6) is 0 Å². The van der Waals surface area contributed by atoms with Gasteiger partial charge in [0.15, 0.2) is 0 Å². The summed E-state index contributed by atoms with van der Waals surface area (Å²) in [6, 6.07) is 11.2. The fourth-order valence-corrected chi connectivity index (χ4v) is 4.56. The largest absolute Gasteiger partial charge is 0.322 e. The van der Waals surface area contributed by atoms with Crippen molar-refractivity contribution in [1.29, 1.82) is 0 Å². The molecule has 27 heavy (non-hydrogen) atoms. The van der Waals surface area contributed by atoms with Crippen LogP contribution >= 0.6 is 11.3 Å². The summed E-state index contributed by atoms with van der Waals surface area (Å²) in [7, 11) is 0. The second-order valence-corrected chi connectivity index (χ2v) is 7.75. The highest BCUT2D eigenvalue weighted by molar-refractivity contribution is 7.16. The molecular formula is C21H17N3O2S. The number of thiazole rings is 1. The number of carbonyl (C=O) groups excluding carboxylic acids is 1.